The Hall–Kier alpha value is -0.240. The van der Waals surface area contributed by atoms with Gasteiger partial charge in [0.05, 0.1) is 16.1 Å². The molecule has 0 saturated carbocycles. The van der Waals surface area contributed by atoms with Gasteiger partial charge in [0.15, 0.2) is 0 Å². The van der Waals surface area contributed by atoms with Gasteiger partial charge in [0.1, 0.15) is 0 Å². The van der Waals surface area contributed by atoms with Crippen molar-refractivity contribution in [1.29, 1.82) is 0 Å². The molecule has 1 nitrogen and oxygen atoms in total. The van der Waals surface area contributed by atoms with Gasteiger partial charge in [-0.15, -0.1) is 0 Å². The first kappa shape index (κ1) is 15.8. The quantitative estimate of drug-likeness (QED) is 0.777. The van der Waals surface area contributed by atoms with E-state index in [1.165, 1.54) is 0 Å². The van der Waals surface area contributed by atoms with Crippen molar-refractivity contribution >= 4 is 23.2 Å². The van der Waals surface area contributed by atoms with Crippen molar-refractivity contribution in [1.82, 2.24) is 0 Å². The highest BCUT2D eigenvalue weighted by Crippen LogP contribution is 2.32. The summed E-state index contributed by atoms with van der Waals surface area (Å²) >= 11 is 11.8. The van der Waals surface area contributed by atoms with Gasteiger partial charge in [-0.2, -0.15) is 0 Å². The van der Waals surface area contributed by atoms with E-state index in [9.17, 15) is 5.11 Å². The molecule has 0 spiro atoms. The molecule has 0 heterocycles. The zero-order chi connectivity index (χ0) is 13.9. The van der Waals surface area contributed by atoms with E-state index in [4.69, 9.17) is 23.2 Å². The molecule has 0 bridgehead atoms. The summed E-state index contributed by atoms with van der Waals surface area (Å²) in [5.74, 6) is 0.467. The van der Waals surface area contributed by atoms with Crippen LogP contribution in [0, 0.1) is 11.3 Å². The fourth-order valence-electron chi connectivity index (χ4n) is 2.37. The number of hydrogen-bond acceptors (Lipinski definition) is 1. The minimum absolute atomic E-state index is 0.288. The molecule has 2 atom stereocenters. The molecular formula is C15H22Cl2O. The molecule has 0 radical (unpaired) electrons. The Morgan fingerprint density at radius 2 is 1.78 bits per heavy atom. The predicted molar refractivity (Wildman–Crippen MR) is 79.3 cm³/mol. The Labute approximate surface area is 120 Å². The van der Waals surface area contributed by atoms with Crippen molar-refractivity contribution < 1.29 is 5.11 Å². The molecule has 2 unspecified atom stereocenters. The van der Waals surface area contributed by atoms with Gasteiger partial charge in [-0.1, -0.05) is 57.0 Å². The second-order valence-electron chi connectivity index (χ2n) is 6.30. The van der Waals surface area contributed by atoms with Crippen molar-refractivity contribution in [2.24, 2.45) is 11.3 Å². The fraction of sp³-hybridized carbons (Fsp3) is 0.600. The summed E-state index contributed by atoms with van der Waals surface area (Å²) < 4.78 is 0. The molecule has 1 aromatic carbocycles. The lowest BCUT2D eigenvalue weighted by molar-refractivity contribution is 0.134. The van der Waals surface area contributed by atoms with Crippen LogP contribution in [0.3, 0.4) is 0 Å². The number of halogens is 2. The lowest BCUT2D eigenvalue weighted by Crippen LogP contribution is -2.13. The third-order valence-electron chi connectivity index (χ3n) is 2.91. The molecule has 0 fully saturated rings. The normalized spacial score (nSPS) is 15.5. The van der Waals surface area contributed by atoms with Crippen LogP contribution in [0.15, 0.2) is 18.2 Å². The van der Waals surface area contributed by atoms with Crippen LogP contribution >= 0.6 is 23.2 Å². The van der Waals surface area contributed by atoms with Crippen LogP contribution in [0.1, 0.15) is 52.2 Å². The van der Waals surface area contributed by atoms with E-state index in [0.29, 0.717) is 16.0 Å². The third-order valence-corrected chi connectivity index (χ3v) is 3.65. The van der Waals surface area contributed by atoms with E-state index < -0.39 is 6.10 Å². The number of rotatable bonds is 4. The summed E-state index contributed by atoms with van der Waals surface area (Å²) in [6.45, 7) is 8.82. The van der Waals surface area contributed by atoms with Crippen molar-refractivity contribution in [3.8, 4) is 0 Å². The summed E-state index contributed by atoms with van der Waals surface area (Å²) in [6, 6.07) is 5.32. The number of aliphatic hydroxyl groups is 1. The Kier molecular flexibility index (Phi) is 5.51. The van der Waals surface area contributed by atoms with E-state index in [-0.39, 0.29) is 5.41 Å². The second-order valence-corrected chi connectivity index (χ2v) is 7.11. The Morgan fingerprint density at radius 1 is 1.17 bits per heavy atom. The Morgan fingerprint density at radius 3 is 2.28 bits per heavy atom. The average Bonchev–Trinajstić information content (AvgIpc) is 2.18. The average molecular weight is 289 g/mol. The molecule has 0 amide bonds. The van der Waals surface area contributed by atoms with E-state index in [1.54, 1.807) is 12.1 Å². The molecule has 0 aliphatic rings. The SMILES string of the molecule is CC(CC(O)c1ccc(Cl)c(Cl)c1)CC(C)(C)C. The maximum absolute atomic E-state index is 10.2. The van der Waals surface area contributed by atoms with Crippen molar-refractivity contribution in [3.05, 3.63) is 33.8 Å². The van der Waals surface area contributed by atoms with Gasteiger partial charge in [-0.05, 0) is 41.9 Å². The van der Waals surface area contributed by atoms with E-state index in [0.717, 1.165) is 18.4 Å². The van der Waals surface area contributed by atoms with Gasteiger partial charge in [0, 0.05) is 0 Å². The van der Waals surface area contributed by atoms with Crippen molar-refractivity contribution in [3.63, 3.8) is 0 Å². The molecule has 0 saturated heterocycles. The lowest BCUT2D eigenvalue weighted by atomic mass is 9.82. The topological polar surface area (TPSA) is 20.2 Å². The summed E-state index contributed by atoms with van der Waals surface area (Å²) in [5.41, 5.74) is 1.13. The smallest absolute Gasteiger partial charge is 0.0793 e. The molecule has 102 valence electrons. The molecule has 1 N–H and O–H groups in total. The minimum Gasteiger partial charge on any atom is -0.388 e. The van der Waals surface area contributed by atoms with E-state index >= 15 is 0 Å². The van der Waals surface area contributed by atoms with Gasteiger partial charge in [-0.3, -0.25) is 0 Å². The molecule has 1 rings (SSSR count). The molecule has 0 aliphatic heterocycles. The van der Waals surface area contributed by atoms with Crippen LogP contribution in [0.2, 0.25) is 10.0 Å². The molecule has 3 heteroatoms. The first-order valence-electron chi connectivity index (χ1n) is 6.32. The molecule has 0 aromatic heterocycles. The van der Waals surface area contributed by atoms with E-state index in [2.05, 4.69) is 27.7 Å². The first-order valence-corrected chi connectivity index (χ1v) is 7.07. The highest BCUT2D eigenvalue weighted by Gasteiger charge is 2.19. The van der Waals surface area contributed by atoms with Crippen LogP contribution in [0.4, 0.5) is 0 Å². The van der Waals surface area contributed by atoms with Crippen LogP contribution in [0.5, 0.6) is 0 Å². The summed E-state index contributed by atoms with van der Waals surface area (Å²) in [4.78, 5) is 0. The number of hydrogen-bond donors (Lipinski definition) is 1. The van der Waals surface area contributed by atoms with Crippen LogP contribution in [0.25, 0.3) is 0 Å². The fourth-order valence-corrected chi connectivity index (χ4v) is 2.67. The molecule has 18 heavy (non-hydrogen) atoms. The number of aliphatic hydroxyl groups excluding tert-OH is 1. The van der Waals surface area contributed by atoms with Crippen LogP contribution in [-0.2, 0) is 0 Å². The van der Waals surface area contributed by atoms with Gasteiger partial charge < -0.3 is 5.11 Å². The van der Waals surface area contributed by atoms with Crippen molar-refractivity contribution in [2.45, 2.75) is 46.6 Å². The van der Waals surface area contributed by atoms with Gasteiger partial charge >= 0.3 is 0 Å². The summed E-state index contributed by atoms with van der Waals surface area (Å²) in [6.07, 6.45) is 1.36. The van der Waals surface area contributed by atoms with Gasteiger partial charge in [0.25, 0.3) is 0 Å². The largest absolute Gasteiger partial charge is 0.388 e. The van der Waals surface area contributed by atoms with Crippen LogP contribution < -0.4 is 0 Å². The zero-order valence-corrected chi connectivity index (χ0v) is 13.0. The molecule has 1 aromatic rings. The summed E-state index contributed by atoms with van der Waals surface area (Å²) in [7, 11) is 0. The molecule has 0 aliphatic carbocycles. The second kappa shape index (κ2) is 6.27. The zero-order valence-electron chi connectivity index (χ0n) is 11.5. The summed E-state index contributed by atoms with van der Waals surface area (Å²) in [5, 5.41) is 11.2. The van der Waals surface area contributed by atoms with Gasteiger partial charge in [-0.25, -0.2) is 0 Å². The minimum atomic E-state index is -0.475. The first-order chi connectivity index (χ1) is 8.19. The van der Waals surface area contributed by atoms with E-state index in [1.807, 2.05) is 6.07 Å². The highest BCUT2D eigenvalue weighted by molar-refractivity contribution is 6.42. The third kappa shape index (κ3) is 5.17. The van der Waals surface area contributed by atoms with Crippen molar-refractivity contribution in [2.75, 3.05) is 0 Å². The maximum Gasteiger partial charge on any atom is 0.0793 e. The Balaban J connectivity index is 2.64. The number of benzene rings is 1. The van der Waals surface area contributed by atoms with Crippen LogP contribution in [-0.4, -0.2) is 5.11 Å². The lowest BCUT2D eigenvalue weighted by Gasteiger charge is -2.25. The van der Waals surface area contributed by atoms with Gasteiger partial charge in [0.2, 0.25) is 0 Å². The maximum atomic E-state index is 10.2. The monoisotopic (exact) mass is 288 g/mol. The Bertz CT molecular complexity index is 396. The highest BCUT2D eigenvalue weighted by atomic mass is 35.5. The standard InChI is InChI=1S/C15H22Cl2O/c1-10(9-15(2,3)4)7-14(18)11-5-6-12(16)13(17)8-11/h5-6,8,10,14,18H,7,9H2,1-4H3. The predicted octanol–water partition coefficient (Wildman–Crippen LogP) is 5.49. The molecular weight excluding hydrogens is 267 g/mol.